The van der Waals surface area contributed by atoms with Gasteiger partial charge in [-0.1, -0.05) is 11.6 Å². The van der Waals surface area contributed by atoms with Gasteiger partial charge in [0, 0.05) is 13.5 Å². The second-order valence-electron chi connectivity index (χ2n) is 4.14. The Labute approximate surface area is 89.3 Å². The van der Waals surface area contributed by atoms with E-state index in [1.54, 1.807) is 4.68 Å². The summed E-state index contributed by atoms with van der Waals surface area (Å²) >= 11 is 6.08. The minimum atomic E-state index is -0.399. The summed E-state index contributed by atoms with van der Waals surface area (Å²) in [6, 6.07) is 2.25. The average molecular weight is 212 g/mol. The Balaban J connectivity index is 3.04. The van der Waals surface area contributed by atoms with Crippen molar-refractivity contribution in [2.45, 2.75) is 27.2 Å². The van der Waals surface area contributed by atoms with E-state index in [9.17, 15) is 0 Å². The van der Waals surface area contributed by atoms with Crippen molar-refractivity contribution in [2.24, 2.45) is 12.5 Å². The summed E-state index contributed by atoms with van der Waals surface area (Å²) in [5.41, 5.74) is 1.35. The summed E-state index contributed by atoms with van der Waals surface area (Å²) in [7, 11) is 1.85. The highest BCUT2D eigenvalue weighted by Crippen LogP contribution is 2.27. The van der Waals surface area contributed by atoms with Crippen molar-refractivity contribution in [1.82, 2.24) is 9.78 Å². The molecule has 0 aliphatic carbocycles. The van der Waals surface area contributed by atoms with Crippen LogP contribution < -0.4 is 0 Å². The zero-order chi connectivity index (χ0) is 10.9. The van der Waals surface area contributed by atoms with Crippen LogP contribution in [0.2, 0.25) is 5.02 Å². The number of nitriles is 1. The molecule has 0 aliphatic heterocycles. The number of rotatable bonds is 2. The summed E-state index contributed by atoms with van der Waals surface area (Å²) in [6.07, 6.45) is 0.625. The zero-order valence-corrected chi connectivity index (χ0v) is 9.68. The molecule has 76 valence electrons. The van der Waals surface area contributed by atoms with E-state index in [0.717, 1.165) is 11.4 Å². The van der Waals surface area contributed by atoms with Gasteiger partial charge in [-0.05, 0) is 20.8 Å². The van der Waals surface area contributed by atoms with Crippen molar-refractivity contribution < 1.29 is 0 Å². The Kier molecular flexibility index (Phi) is 2.86. The molecular weight excluding hydrogens is 198 g/mol. The molecule has 0 N–H and O–H groups in total. The van der Waals surface area contributed by atoms with Crippen LogP contribution in [0.15, 0.2) is 0 Å². The predicted octanol–water partition coefficient (Wildman–Crippen LogP) is 2.47. The molecule has 14 heavy (non-hydrogen) atoms. The lowest BCUT2D eigenvalue weighted by atomic mass is 9.89. The van der Waals surface area contributed by atoms with E-state index < -0.39 is 5.41 Å². The van der Waals surface area contributed by atoms with Crippen LogP contribution in [0.5, 0.6) is 0 Å². The van der Waals surface area contributed by atoms with Gasteiger partial charge in [-0.3, -0.25) is 4.68 Å². The van der Waals surface area contributed by atoms with Gasteiger partial charge in [0.1, 0.15) is 0 Å². The van der Waals surface area contributed by atoms with Gasteiger partial charge < -0.3 is 0 Å². The first kappa shape index (κ1) is 11.1. The third-order valence-electron chi connectivity index (χ3n) is 2.17. The Hall–Kier alpha value is -1.01. The molecule has 0 aromatic carbocycles. The molecule has 1 heterocycles. The minimum absolute atomic E-state index is 0.399. The molecule has 0 fully saturated rings. The number of hydrogen-bond acceptors (Lipinski definition) is 2. The summed E-state index contributed by atoms with van der Waals surface area (Å²) < 4.78 is 1.75. The molecule has 0 spiro atoms. The molecule has 0 bridgehead atoms. The standard InChI is InChI=1S/C10H14ClN3/c1-7-9(11)8(14(4)13-7)5-10(2,3)6-12/h5H2,1-4H3. The lowest BCUT2D eigenvalue weighted by molar-refractivity contribution is 0.472. The van der Waals surface area contributed by atoms with Crippen LogP contribution in [0, 0.1) is 23.7 Å². The van der Waals surface area contributed by atoms with Crippen molar-refractivity contribution in [2.75, 3.05) is 0 Å². The van der Waals surface area contributed by atoms with Crippen molar-refractivity contribution in [3.63, 3.8) is 0 Å². The van der Waals surface area contributed by atoms with E-state index in [1.807, 2.05) is 27.8 Å². The van der Waals surface area contributed by atoms with Gasteiger partial charge in [-0.2, -0.15) is 10.4 Å². The largest absolute Gasteiger partial charge is 0.271 e. The van der Waals surface area contributed by atoms with E-state index >= 15 is 0 Å². The van der Waals surface area contributed by atoms with E-state index in [-0.39, 0.29) is 0 Å². The lowest BCUT2D eigenvalue weighted by Crippen LogP contribution is -2.14. The van der Waals surface area contributed by atoms with Gasteiger partial charge in [-0.25, -0.2) is 0 Å². The molecule has 0 saturated heterocycles. The van der Waals surface area contributed by atoms with E-state index in [1.165, 1.54) is 0 Å². The second kappa shape index (κ2) is 3.62. The molecule has 0 unspecified atom stereocenters. The molecule has 0 atom stereocenters. The highest BCUT2D eigenvalue weighted by atomic mass is 35.5. The third kappa shape index (κ3) is 2.08. The Morgan fingerprint density at radius 1 is 1.57 bits per heavy atom. The van der Waals surface area contributed by atoms with Crippen molar-refractivity contribution >= 4 is 11.6 Å². The Morgan fingerprint density at radius 2 is 2.14 bits per heavy atom. The van der Waals surface area contributed by atoms with Crippen LogP contribution in [0.3, 0.4) is 0 Å². The topological polar surface area (TPSA) is 41.6 Å². The van der Waals surface area contributed by atoms with Crippen LogP contribution in [-0.2, 0) is 13.5 Å². The van der Waals surface area contributed by atoms with Crippen molar-refractivity contribution in [3.8, 4) is 6.07 Å². The molecule has 0 saturated carbocycles. The van der Waals surface area contributed by atoms with Gasteiger partial charge in [0.15, 0.2) is 0 Å². The quantitative estimate of drug-likeness (QED) is 0.754. The smallest absolute Gasteiger partial charge is 0.0847 e. The second-order valence-corrected chi connectivity index (χ2v) is 4.52. The summed E-state index contributed by atoms with van der Waals surface area (Å²) in [6.45, 7) is 5.66. The summed E-state index contributed by atoms with van der Waals surface area (Å²) in [5, 5.41) is 13.8. The normalized spacial score (nSPS) is 11.4. The molecule has 1 aromatic rings. The lowest BCUT2D eigenvalue weighted by Gasteiger charge is -2.14. The number of aryl methyl sites for hydroxylation is 2. The van der Waals surface area contributed by atoms with Crippen molar-refractivity contribution in [1.29, 1.82) is 5.26 Å². The number of aromatic nitrogens is 2. The number of nitrogens with zero attached hydrogens (tertiary/aromatic N) is 3. The zero-order valence-electron chi connectivity index (χ0n) is 8.93. The molecule has 1 aromatic heterocycles. The predicted molar refractivity (Wildman–Crippen MR) is 56.1 cm³/mol. The first-order valence-corrected chi connectivity index (χ1v) is 4.84. The molecular formula is C10H14ClN3. The van der Waals surface area contributed by atoms with Gasteiger partial charge in [0.25, 0.3) is 0 Å². The van der Waals surface area contributed by atoms with Gasteiger partial charge >= 0.3 is 0 Å². The van der Waals surface area contributed by atoms with E-state index in [0.29, 0.717) is 11.4 Å². The molecule has 0 aliphatic rings. The van der Waals surface area contributed by atoms with E-state index in [4.69, 9.17) is 16.9 Å². The molecule has 0 radical (unpaired) electrons. The maximum Gasteiger partial charge on any atom is 0.0847 e. The summed E-state index contributed by atoms with van der Waals surface area (Å²) in [4.78, 5) is 0. The van der Waals surface area contributed by atoms with Crippen LogP contribution in [-0.4, -0.2) is 9.78 Å². The maximum absolute atomic E-state index is 8.92. The fourth-order valence-corrected chi connectivity index (χ4v) is 1.56. The first-order chi connectivity index (χ1) is 6.37. The average Bonchev–Trinajstić information content (AvgIpc) is 2.32. The fourth-order valence-electron chi connectivity index (χ4n) is 1.33. The van der Waals surface area contributed by atoms with Crippen LogP contribution in [0.1, 0.15) is 25.2 Å². The maximum atomic E-state index is 8.92. The minimum Gasteiger partial charge on any atom is -0.271 e. The van der Waals surface area contributed by atoms with Crippen LogP contribution >= 0.6 is 11.6 Å². The Morgan fingerprint density at radius 3 is 2.50 bits per heavy atom. The third-order valence-corrected chi connectivity index (χ3v) is 2.67. The van der Waals surface area contributed by atoms with Crippen molar-refractivity contribution in [3.05, 3.63) is 16.4 Å². The van der Waals surface area contributed by atoms with Gasteiger partial charge in [0.05, 0.1) is 27.9 Å². The summed E-state index contributed by atoms with van der Waals surface area (Å²) in [5.74, 6) is 0. The SMILES string of the molecule is Cc1nn(C)c(CC(C)(C)C#N)c1Cl. The highest BCUT2D eigenvalue weighted by Gasteiger charge is 2.22. The van der Waals surface area contributed by atoms with Crippen LogP contribution in [0.25, 0.3) is 0 Å². The monoisotopic (exact) mass is 211 g/mol. The molecule has 1 rings (SSSR count). The fraction of sp³-hybridized carbons (Fsp3) is 0.600. The Bertz CT molecular complexity index is 385. The highest BCUT2D eigenvalue weighted by molar-refractivity contribution is 6.31. The molecule has 0 amide bonds. The number of hydrogen-bond donors (Lipinski definition) is 0. The number of halogens is 1. The molecule has 3 nitrogen and oxygen atoms in total. The van der Waals surface area contributed by atoms with Crippen LogP contribution in [0.4, 0.5) is 0 Å². The van der Waals surface area contributed by atoms with Gasteiger partial charge in [0.2, 0.25) is 0 Å². The van der Waals surface area contributed by atoms with E-state index in [2.05, 4.69) is 11.2 Å². The first-order valence-electron chi connectivity index (χ1n) is 4.46. The van der Waals surface area contributed by atoms with Gasteiger partial charge in [-0.15, -0.1) is 0 Å². The molecule has 4 heteroatoms.